The van der Waals surface area contributed by atoms with E-state index in [0.717, 1.165) is 17.5 Å². The molecule has 1 saturated heterocycles. The van der Waals surface area contributed by atoms with Crippen molar-refractivity contribution < 1.29 is 4.74 Å². The molecule has 3 heteroatoms. The van der Waals surface area contributed by atoms with Crippen LogP contribution in [-0.2, 0) is 4.74 Å². The maximum atomic E-state index is 6.01. The molecule has 0 aliphatic carbocycles. The van der Waals surface area contributed by atoms with Crippen LogP contribution in [0, 0.1) is 0 Å². The highest BCUT2D eigenvalue weighted by atomic mass is 79.9. The summed E-state index contributed by atoms with van der Waals surface area (Å²) >= 11 is 3.51. The topological polar surface area (TPSA) is 21.3 Å². The fraction of sp³-hybridized carbons (Fsp3) is 0.571. The van der Waals surface area contributed by atoms with E-state index in [1.165, 1.54) is 5.56 Å². The zero-order chi connectivity index (χ0) is 12.5. The summed E-state index contributed by atoms with van der Waals surface area (Å²) in [6.45, 7) is 7.46. The highest BCUT2D eigenvalue weighted by Crippen LogP contribution is 2.29. The van der Waals surface area contributed by atoms with Crippen LogP contribution in [0.3, 0.4) is 0 Å². The fourth-order valence-electron chi connectivity index (χ4n) is 2.42. The molecule has 0 saturated carbocycles. The normalized spacial score (nSPS) is 28.7. The van der Waals surface area contributed by atoms with Gasteiger partial charge in [0.1, 0.15) is 0 Å². The number of halogens is 1. The van der Waals surface area contributed by atoms with Crippen molar-refractivity contribution in [3.8, 4) is 0 Å². The van der Waals surface area contributed by atoms with E-state index >= 15 is 0 Å². The molecular weight excluding hydrogens is 278 g/mol. The lowest BCUT2D eigenvalue weighted by atomic mass is 9.98. The van der Waals surface area contributed by atoms with Crippen LogP contribution in [0.25, 0.3) is 0 Å². The molecule has 2 unspecified atom stereocenters. The smallest absolute Gasteiger partial charge is 0.0975 e. The molecule has 0 bridgehead atoms. The number of nitrogens with one attached hydrogen (secondary N) is 1. The van der Waals surface area contributed by atoms with Crippen LogP contribution < -0.4 is 5.32 Å². The zero-order valence-electron chi connectivity index (χ0n) is 10.7. The fourth-order valence-corrected chi connectivity index (χ4v) is 2.83. The van der Waals surface area contributed by atoms with Crippen LogP contribution in [0.2, 0.25) is 0 Å². The first-order valence-corrected chi connectivity index (χ1v) is 6.92. The van der Waals surface area contributed by atoms with Crippen molar-refractivity contribution >= 4 is 15.9 Å². The van der Waals surface area contributed by atoms with Crippen LogP contribution in [0.1, 0.15) is 38.9 Å². The molecule has 0 spiro atoms. The second kappa shape index (κ2) is 5.09. The Hall–Kier alpha value is -0.380. The first-order valence-electron chi connectivity index (χ1n) is 6.13. The van der Waals surface area contributed by atoms with Crippen LogP contribution in [0.5, 0.6) is 0 Å². The summed E-state index contributed by atoms with van der Waals surface area (Å²) in [5.41, 5.74) is 1.39. The molecule has 2 nitrogen and oxygen atoms in total. The quantitative estimate of drug-likeness (QED) is 0.854. The maximum Gasteiger partial charge on any atom is 0.0975 e. The molecule has 0 amide bonds. The van der Waals surface area contributed by atoms with Gasteiger partial charge in [-0.15, -0.1) is 0 Å². The molecule has 1 aliphatic heterocycles. The van der Waals surface area contributed by atoms with Crippen LogP contribution in [-0.4, -0.2) is 18.2 Å². The van der Waals surface area contributed by atoms with Gasteiger partial charge in [-0.05, 0) is 44.9 Å². The minimum absolute atomic E-state index is 0.134. The van der Waals surface area contributed by atoms with Crippen molar-refractivity contribution in [1.82, 2.24) is 5.32 Å². The third-order valence-electron chi connectivity index (χ3n) is 3.27. The Bertz CT molecular complexity index is 392. The van der Waals surface area contributed by atoms with Crippen LogP contribution in [0.4, 0.5) is 0 Å². The number of hydrogen-bond donors (Lipinski definition) is 1. The van der Waals surface area contributed by atoms with E-state index in [2.05, 4.69) is 60.2 Å². The predicted molar refractivity (Wildman–Crippen MR) is 74.1 cm³/mol. The highest BCUT2D eigenvalue weighted by Gasteiger charge is 2.30. The molecule has 94 valence electrons. The Morgan fingerprint density at radius 1 is 1.41 bits per heavy atom. The van der Waals surface area contributed by atoms with Crippen molar-refractivity contribution in [2.24, 2.45) is 0 Å². The minimum atomic E-state index is 0.134. The number of ether oxygens (including phenoxy) is 1. The van der Waals surface area contributed by atoms with Crippen LogP contribution in [0.15, 0.2) is 28.7 Å². The Labute approximate surface area is 112 Å². The van der Waals surface area contributed by atoms with E-state index < -0.39 is 0 Å². The Kier molecular flexibility index (Phi) is 3.91. The first-order chi connectivity index (χ1) is 7.98. The number of rotatable bonds is 1. The van der Waals surface area contributed by atoms with Crippen molar-refractivity contribution in [2.45, 2.75) is 44.9 Å². The second-order valence-corrected chi connectivity index (χ2v) is 6.33. The van der Waals surface area contributed by atoms with Gasteiger partial charge in [-0.25, -0.2) is 0 Å². The average molecular weight is 298 g/mol. The van der Waals surface area contributed by atoms with Gasteiger partial charge in [0.25, 0.3) is 0 Å². The van der Waals surface area contributed by atoms with Gasteiger partial charge in [0.15, 0.2) is 0 Å². The van der Waals surface area contributed by atoms with Gasteiger partial charge in [-0.2, -0.15) is 0 Å². The summed E-state index contributed by atoms with van der Waals surface area (Å²) in [5, 5.41) is 3.65. The predicted octanol–water partition coefficient (Wildman–Crippen LogP) is 3.67. The van der Waals surface area contributed by atoms with E-state index in [-0.39, 0.29) is 11.6 Å². The minimum Gasteiger partial charge on any atom is -0.372 e. The van der Waals surface area contributed by atoms with Crippen molar-refractivity contribution in [3.63, 3.8) is 0 Å². The van der Waals surface area contributed by atoms with Gasteiger partial charge in [-0.3, -0.25) is 0 Å². The Morgan fingerprint density at radius 2 is 2.18 bits per heavy atom. The molecule has 2 rings (SSSR count). The van der Waals surface area contributed by atoms with Crippen molar-refractivity contribution in [3.05, 3.63) is 34.3 Å². The standard InChI is InChI=1S/C14H20BrNO/c1-10-13(11-5-4-6-12(15)9-11)17-8-7-14(2,3)16-10/h4-6,9-10,13,16H,7-8H2,1-3H3. The van der Waals surface area contributed by atoms with Crippen molar-refractivity contribution in [2.75, 3.05) is 6.61 Å². The Morgan fingerprint density at radius 3 is 2.88 bits per heavy atom. The molecule has 0 aromatic heterocycles. The summed E-state index contributed by atoms with van der Waals surface area (Å²) in [6.07, 6.45) is 1.18. The second-order valence-electron chi connectivity index (χ2n) is 5.41. The molecule has 0 radical (unpaired) electrons. The summed E-state index contributed by atoms with van der Waals surface area (Å²) in [4.78, 5) is 0. The largest absolute Gasteiger partial charge is 0.372 e. The summed E-state index contributed by atoms with van der Waals surface area (Å²) < 4.78 is 7.11. The van der Waals surface area contributed by atoms with Crippen molar-refractivity contribution in [1.29, 1.82) is 0 Å². The summed E-state index contributed by atoms with van der Waals surface area (Å²) in [6, 6.07) is 8.70. The molecule has 1 aromatic rings. The third-order valence-corrected chi connectivity index (χ3v) is 3.77. The molecule has 1 fully saturated rings. The van der Waals surface area contributed by atoms with E-state index in [1.807, 2.05) is 6.07 Å². The SMILES string of the molecule is CC1NC(C)(C)CCOC1c1cccc(Br)c1. The van der Waals surface area contributed by atoms with E-state index in [9.17, 15) is 0 Å². The molecule has 1 heterocycles. The lowest BCUT2D eigenvalue weighted by molar-refractivity contribution is 0.0460. The molecule has 17 heavy (non-hydrogen) atoms. The lowest BCUT2D eigenvalue weighted by Gasteiger charge is -2.29. The molecular formula is C14H20BrNO. The number of benzene rings is 1. The third kappa shape index (κ3) is 3.30. The van der Waals surface area contributed by atoms with Gasteiger partial charge < -0.3 is 10.1 Å². The van der Waals surface area contributed by atoms with E-state index in [1.54, 1.807) is 0 Å². The molecule has 1 aromatic carbocycles. The average Bonchev–Trinajstić information content (AvgIpc) is 2.35. The van der Waals surface area contributed by atoms with E-state index in [4.69, 9.17) is 4.74 Å². The first kappa shape index (κ1) is 13.1. The monoisotopic (exact) mass is 297 g/mol. The van der Waals surface area contributed by atoms with Gasteiger partial charge >= 0.3 is 0 Å². The summed E-state index contributed by atoms with van der Waals surface area (Å²) in [7, 11) is 0. The number of hydrogen-bond acceptors (Lipinski definition) is 2. The van der Waals surface area contributed by atoms with Gasteiger partial charge in [-0.1, -0.05) is 28.1 Å². The Balaban J connectivity index is 2.21. The van der Waals surface area contributed by atoms with Gasteiger partial charge in [0, 0.05) is 22.7 Å². The molecule has 1 aliphatic rings. The molecule has 1 N–H and O–H groups in total. The summed E-state index contributed by atoms with van der Waals surface area (Å²) in [5.74, 6) is 0. The van der Waals surface area contributed by atoms with Gasteiger partial charge in [0.05, 0.1) is 6.10 Å². The van der Waals surface area contributed by atoms with Crippen LogP contribution >= 0.6 is 15.9 Å². The highest BCUT2D eigenvalue weighted by molar-refractivity contribution is 9.10. The maximum absolute atomic E-state index is 6.01. The molecule has 2 atom stereocenters. The van der Waals surface area contributed by atoms with Gasteiger partial charge in [0.2, 0.25) is 0 Å². The lowest BCUT2D eigenvalue weighted by Crippen LogP contribution is -2.45. The van der Waals surface area contributed by atoms with E-state index in [0.29, 0.717) is 6.04 Å². The zero-order valence-corrected chi connectivity index (χ0v) is 12.3.